The van der Waals surface area contributed by atoms with Crippen LogP contribution >= 0.6 is 0 Å². The van der Waals surface area contributed by atoms with Crippen molar-refractivity contribution in [2.75, 3.05) is 13.1 Å². The first-order chi connectivity index (χ1) is 5.51. The van der Waals surface area contributed by atoms with Gasteiger partial charge in [-0.25, -0.2) is 0 Å². The van der Waals surface area contributed by atoms with Crippen LogP contribution in [0, 0.1) is 17.3 Å². The van der Waals surface area contributed by atoms with Crippen molar-refractivity contribution in [1.82, 2.24) is 4.90 Å². The van der Waals surface area contributed by atoms with E-state index in [4.69, 9.17) is 0 Å². The molecule has 3 rings (SSSR count). The second-order valence-electron chi connectivity index (χ2n) is 5.50. The maximum atomic E-state index is 2.64. The quantitative estimate of drug-likeness (QED) is 0.579. The van der Waals surface area contributed by atoms with E-state index in [0.29, 0.717) is 5.41 Å². The van der Waals surface area contributed by atoms with Gasteiger partial charge in [0.15, 0.2) is 0 Å². The van der Waals surface area contributed by atoms with Gasteiger partial charge in [-0.05, 0) is 37.5 Å². The van der Waals surface area contributed by atoms with Gasteiger partial charge in [0.05, 0.1) is 0 Å². The molecule has 2 bridgehead atoms. The van der Waals surface area contributed by atoms with Gasteiger partial charge < -0.3 is 4.90 Å². The average molecular weight is 167 g/mol. The van der Waals surface area contributed by atoms with E-state index in [9.17, 15) is 0 Å². The summed E-state index contributed by atoms with van der Waals surface area (Å²) in [5, 5.41) is 0. The summed E-state index contributed by atoms with van der Waals surface area (Å²) in [6.45, 7) is 12.2. The van der Waals surface area contributed by atoms with Crippen molar-refractivity contribution < 1.29 is 0 Å². The van der Waals surface area contributed by atoms with E-state index < -0.39 is 0 Å². The van der Waals surface area contributed by atoms with Crippen LogP contribution in [0.4, 0.5) is 0 Å². The number of piperidine rings is 2. The lowest BCUT2D eigenvalue weighted by Crippen LogP contribution is -2.61. The maximum absolute atomic E-state index is 2.64. The zero-order valence-corrected chi connectivity index (χ0v) is 8.80. The fourth-order valence-electron chi connectivity index (χ4n) is 2.81. The van der Waals surface area contributed by atoms with E-state index in [1.807, 2.05) is 0 Å². The van der Waals surface area contributed by atoms with Gasteiger partial charge in [0.1, 0.15) is 0 Å². The molecular formula is C11H21N. The highest BCUT2D eigenvalue weighted by Gasteiger charge is 2.52. The number of nitrogens with zero attached hydrogens (tertiary/aromatic N) is 1. The monoisotopic (exact) mass is 167 g/mol. The predicted molar refractivity (Wildman–Crippen MR) is 52.1 cm³/mol. The Bertz CT molecular complexity index is 169. The van der Waals surface area contributed by atoms with Crippen LogP contribution < -0.4 is 0 Å². The molecule has 0 aromatic rings. The second kappa shape index (κ2) is 2.47. The standard InChI is InChI=1S/C11H21N/c1-8(2)12-6-9-5-10(7-12)11(9,3)4/h8-10H,5-7H2,1-4H3. The lowest BCUT2D eigenvalue weighted by molar-refractivity contribution is -0.113. The summed E-state index contributed by atoms with van der Waals surface area (Å²) in [5.41, 5.74) is 0.658. The molecule has 3 fully saturated rings. The number of fused-ring (bicyclic) bond motifs is 2. The molecule has 2 aliphatic heterocycles. The Kier molecular flexibility index (Phi) is 1.76. The molecule has 2 heterocycles. The Morgan fingerprint density at radius 1 is 1.17 bits per heavy atom. The molecule has 1 heteroatoms. The highest BCUT2D eigenvalue weighted by Crippen LogP contribution is 2.54. The Morgan fingerprint density at radius 3 is 2.00 bits per heavy atom. The summed E-state index contributed by atoms with van der Waals surface area (Å²) in [4.78, 5) is 2.64. The molecule has 1 nitrogen and oxygen atoms in total. The van der Waals surface area contributed by atoms with Crippen LogP contribution in [0.3, 0.4) is 0 Å². The Morgan fingerprint density at radius 2 is 1.67 bits per heavy atom. The summed E-state index contributed by atoms with van der Waals surface area (Å²) in [5.74, 6) is 1.97. The lowest BCUT2D eigenvalue weighted by Gasteiger charge is -2.60. The van der Waals surface area contributed by atoms with Crippen LogP contribution in [0.5, 0.6) is 0 Å². The fraction of sp³-hybridized carbons (Fsp3) is 1.00. The van der Waals surface area contributed by atoms with Gasteiger partial charge in [-0.2, -0.15) is 0 Å². The molecule has 2 atom stereocenters. The molecule has 1 aliphatic carbocycles. The number of hydrogen-bond acceptors (Lipinski definition) is 1. The van der Waals surface area contributed by atoms with Crippen molar-refractivity contribution in [2.45, 2.75) is 40.2 Å². The Labute approximate surface area is 76.1 Å². The molecule has 0 radical (unpaired) electrons. The van der Waals surface area contributed by atoms with Crippen molar-refractivity contribution in [3.05, 3.63) is 0 Å². The summed E-state index contributed by atoms with van der Waals surface area (Å²) in [6, 6.07) is 0.756. The number of hydrogen-bond donors (Lipinski definition) is 0. The van der Waals surface area contributed by atoms with Gasteiger partial charge in [-0.15, -0.1) is 0 Å². The third-order valence-electron chi connectivity index (χ3n) is 4.31. The topological polar surface area (TPSA) is 3.24 Å². The summed E-state index contributed by atoms with van der Waals surface area (Å²) < 4.78 is 0. The zero-order valence-electron chi connectivity index (χ0n) is 8.80. The average Bonchev–Trinajstić information content (AvgIpc) is 2.04. The minimum Gasteiger partial charge on any atom is -0.300 e. The van der Waals surface area contributed by atoms with Gasteiger partial charge in [0.25, 0.3) is 0 Å². The number of rotatable bonds is 1. The van der Waals surface area contributed by atoms with Crippen molar-refractivity contribution >= 4 is 0 Å². The molecule has 0 N–H and O–H groups in total. The molecule has 12 heavy (non-hydrogen) atoms. The highest BCUT2D eigenvalue weighted by molar-refractivity contribution is 5.03. The van der Waals surface area contributed by atoms with Gasteiger partial charge in [-0.1, -0.05) is 13.8 Å². The second-order valence-corrected chi connectivity index (χ2v) is 5.50. The first-order valence-electron chi connectivity index (χ1n) is 5.26. The van der Waals surface area contributed by atoms with Crippen molar-refractivity contribution in [2.24, 2.45) is 17.3 Å². The minimum absolute atomic E-state index is 0.658. The van der Waals surface area contributed by atoms with Crippen LogP contribution in [0.2, 0.25) is 0 Å². The van der Waals surface area contributed by atoms with Gasteiger partial charge in [-0.3, -0.25) is 0 Å². The lowest BCUT2D eigenvalue weighted by atomic mass is 9.52. The van der Waals surface area contributed by atoms with Crippen LogP contribution in [-0.4, -0.2) is 24.0 Å². The SMILES string of the molecule is CC(C)N1CC2CC(C1)C2(C)C. The van der Waals surface area contributed by atoms with Crippen molar-refractivity contribution in [3.8, 4) is 0 Å². The van der Waals surface area contributed by atoms with Gasteiger partial charge >= 0.3 is 0 Å². The molecule has 0 aromatic heterocycles. The third kappa shape index (κ3) is 1.02. The molecule has 70 valence electrons. The molecule has 1 saturated carbocycles. The molecule has 0 amide bonds. The van der Waals surface area contributed by atoms with E-state index in [0.717, 1.165) is 17.9 Å². The normalized spacial score (nSPS) is 39.8. The summed E-state index contributed by atoms with van der Waals surface area (Å²) >= 11 is 0. The van der Waals surface area contributed by atoms with E-state index in [-0.39, 0.29) is 0 Å². The summed E-state index contributed by atoms with van der Waals surface area (Å²) in [7, 11) is 0. The van der Waals surface area contributed by atoms with Crippen LogP contribution in [-0.2, 0) is 0 Å². The minimum atomic E-state index is 0.658. The van der Waals surface area contributed by atoms with Crippen molar-refractivity contribution in [1.29, 1.82) is 0 Å². The summed E-state index contributed by atoms with van der Waals surface area (Å²) in [6.07, 6.45) is 1.50. The first kappa shape index (κ1) is 8.55. The van der Waals surface area contributed by atoms with Gasteiger partial charge in [0, 0.05) is 19.1 Å². The van der Waals surface area contributed by atoms with E-state index in [1.165, 1.54) is 19.5 Å². The smallest absolute Gasteiger partial charge is 0.00388 e. The largest absolute Gasteiger partial charge is 0.300 e. The van der Waals surface area contributed by atoms with E-state index >= 15 is 0 Å². The first-order valence-corrected chi connectivity index (χ1v) is 5.26. The predicted octanol–water partition coefficient (Wildman–Crippen LogP) is 2.37. The molecule has 3 aliphatic rings. The molecule has 0 spiro atoms. The van der Waals surface area contributed by atoms with Crippen molar-refractivity contribution in [3.63, 3.8) is 0 Å². The fourth-order valence-corrected chi connectivity index (χ4v) is 2.81. The molecule has 2 unspecified atom stereocenters. The van der Waals surface area contributed by atoms with Gasteiger partial charge in [0.2, 0.25) is 0 Å². The zero-order chi connectivity index (χ0) is 8.93. The third-order valence-corrected chi connectivity index (χ3v) is 4.31. The van der Waals surface area contributed by atoms with Crippen LogP contribution in [0.1, 0.15) is 34.1 Å². The van der Waals surface area contributed by atoms with Crippen LogP contribution in [0.15, 0.2) is 0 Å². The van der Waals surface area contributed by atoms with E-state index in [2.05, 4.69) is 32.6 Å². The highest BCUT2D eigenvalue weighted by atomic mass is 15.2. The Balaban J connectivity index is 2.01. The maximum Gasteiger partial charge on any atom is 0.00388 e. The van der Waals surface area contributed by atoms with E-state index in [1.54, 1.807) is 0 Å². The molecular weight excluding hydrogens is 146 g/mol. The molecule has 2 saturated heterocycles. The Hall–Kier alpha value is -0.0400. The van der Waals surface area contributed by atoms with Crippen LogP contribution in [0.25, 0.3) is 0 Å². The molecule has 0 aromatic carbocycles.